The topological polar surface area (TPSA) is 568 Å². The van der Waals surface area contributed by atoms with Crippen molar-refractivity contribution < 1.29 is 178 Å². The Labute approximate surface area is 605 Å². The summed E-state index contributed by atoms with van der Waals surface area (Å²) in [5.74, 6) is -3.39. The molecule has 0 spiro atoms. The molecule has 20 N–H and O–H groups in total. The molecule has 12 rings (SSSR count). The van der Waals surface area contributed by atoms with Crippen molar-refractivity contribution in [3.8, 4) is 0 Å². The lowest BCUT2D eigenvalue weighted by Crippen LogP contribution is -2.69. The van der Waals surface area contributed by atoms with Gasteiger partial charge in [-0.3, -0.25) is 4.79 Å². The van der Waals surface area contributed by atoms with Crippen molar-refractivity contribution in [3.05, 3.63) is 11.6 Å². The zero-order valence-electron chi connectivity index (χ0n) is 59.8. The molecule has 0 unspecified atom stereocenters. The van der Waals surface area contributed by atoms with Crippen LogP contribution in [0.25, 0.3) is 0 Å². The first kappa shape index (κ1) is 81.9. The van der Waals surface area contributed by atoms with Gasteiger partial charge in [0.05, 0.1) is 51.3 Å². The van der Waals surface area contributed by atoms with E-state index in [0.29, 0.717) is 44.9 Å². The van der Waals surface area contributed by atoms with Gasteiger partial charge in [-0.2, -0.15) is 0 Å². The van der Waals surface area contributed by atoms with Gasteiger partial charge in [-0.15, -0.1) is 0 Å². The molecule has 36 heteroatoms. The fraction of sp³-hybridized carbons (Fsp3) is 0.942. The van der Waals surface area contributed by atoms with E-state index in [2.05, 4.69) is 40.7 Å². The summed E-state index contributed by atoms with van der Waals surface area (Å²) in [6.07, 6.45) is -54.0. The molecular weight excluding hydrogens is 1400 g/mol. The van der Waals surface area contributed by atoms with Crippen LogP contribution in [0.2, 0.25) is 0 Å². The number of hydrogen-bond donors (Lipinski definition) is 20. The van der Waals surface area contributed by atoms with Crippen molar-refractivity contribution in [2.24, 2.45) is 50.2 Å². The van der Waals surface area contributed by atoms with Gasteiger partial charge in [0.1, 0.15) is 140 Å². The Kier molecular flexibility index (Phi) is 24.0. The van der Waals surface area contributed by atoms with Gasteiger partial charge in [0.25, 0.3) is 0 Å². The number of aliphatic carboxylic acids is 1. The second-order valence-electron chi connectivity index (χ2n) is 33.5. The molecule has 7 saturated heterocycles. The molecule has 7 heterocycles. The van der Waals surface area contributed by atoms with Crippen LogP contribution < -0.4 is 0 Å². The van der Waals surface area contributed by atoms with Crippen LogP contribution in [0, 0.1) is 50.2 Å². The van der Waals surface area contributed by atoms with Gasteiger partial charge < -0.3 is 168 Å². The van der Waals surface area contributed by atoms with Crippen molar-refractivity contribution in [3.63, 3.8) is 0 Å². The van der Waals surface area contributed by atoms with Crippen molar-refractivity contribution in [1.29, 1.82) is 0 Å². The zero-order valence-corrected chi connectivity index (χ0v) is 59.8. The number of carbonyl (C=O) groups excluding carboxylic acids is 1. The van der Waals surface area contributed by atoms with Gasteiger partial charge in [0.15, 0.2) is 49.9 Å². The molecule has 0 aromatic rings. The molecule has 41 atom stereocenters. The van der Waals surface area contributed by atoms with Gasteiger partial charge in [-0.05, 0) is 110 Å². The number of hydrogen-bond acceptors (Lipinski definition) is 35. The Bertz CT molecular complexity index is 3040. The average Bonchev–Trinajstić information content (AvgIpc) is 0.670. The van der Waals surface area contributed by atoms with E-state index in [1.807, 2.05) is 13.8 Å². The number of ether oxygens (including phenoxy) is 14. The monoisotopic (exact) mass is 1510 g/mol. The molecule has 602 valence electrons. The molecule has 0 amide bonds. The molecule has 0 radical (unpaired) electrons. The number of esters is 1. The lowest BCUT2D eigenvalue weighted by atomic mass is 9.33. The molecule has 7 aliphatic heterocycles. The number of carbonyl (C=O) groups is 2. The fourth-order valence-corrected chi connectivity index (χ4v) is 20.2. The average molecular weight is 1520 g/mol. The highest BCUT2D eigenvalue weighted by Gasteiger charge is 2.73. The van der Waals surface area contributed by atoms with Crippen LogP contribution in [0.15, 0.2) is 11.6 Å². The van der Waals surface area contributed by atoms with Gasteiger partial charge in [-0.1, -0.05) is 60.1 Å². The van der Waals surface area contributed by atoms with E-state index in [9.17, 15) is 107 Å². The second kappa shape index (κ2) is 30.7. The molecule has 5 aliphatic carbocycles. The third-order valence-electron chi connectivity index (χ3n) is 26.5. The Morgan fingerprint density at radius 2 is 0.971 bits per heavy atom. The summed E-state index contributed by atoms with van der Waals surface area (Å²) in [6, 6.07) is 0. The van der Waals surface area contributed by atoms with E-state index in [4.69, 9.17) is 66.3 Å². The van der Waals surface area contributed by atoms with Crippen molar-refractivity contribution in [1.82, 2.24) is 0 Å². The smallest absolute Gasteiger partial charge is 0.335 e. The Hall–Kier alpha value is -2.60. The number of carboxylic acids is 1. The highest BCUT2D eigenvalue weighted by atomic mass is 16.8. The number of rotatable bonds is 17. The van der Waals surface area contributed by atoms with Crippen LogP contribution in [-0.2, 0) is 75.9 Å². The number of fused-ring (bicyclic) bond motifs is 7. The van der Waals surface area contributed by atoms with Crippen LogP contribution in [0.5, 0.6) is 0 Å². The number of aliphatic hydroxyl groups is 19. The summed E-state index contributed by atoms with van der Waals surface area (Å²) in [4.78, 5) is 28.7. The molecule has 0 aromatic heterocycles. The maximum absolute atomic E-state index is 16.0. The van der Waals surface area contributed by atoms with Crippen molar-refractivity contribution in [2.45, 2.75) is 322 Å². The Balaban J connectivity index is 0.789. The van der Waals surface area contributed by atoms with Crippen LogP contribution >= 0.6 is 0 Å². The van der Waals surface area contributed by atoms with Crippen LogP contribution in [0.1, 0.15) is 113 Å². The standard InChI is InChI=1S/C69H110O36/c1-24-49(99-57-47(87)50(28(73)22-93-57)100-56-42(82)36(76)27(72)21-92-56)41(81)45(85)58(95-24)104-54-51(101-59-43(83)39(79)37(77)30(19-70)96-59)29(74)23-94-62(54)105-63(91)69-16-15-64(2,3)17-26(69)25-9-10-33-66(6)13-12-35(65(4,5)32(66)11-14-67(33,7)68(25,8)18-34(69)75)98-61-48(88)52(46(86)53(103-61)55(89)90)102-60-44(84)40(80)38(78)31(20-71)97-60/h9,24,26-54,56-62,70-88H,10-23H2,1-8H3,(H,89,90)/t24-,26-,27+,28+,29-,30+,31+,32-,33+,34+,35-,36-,37+,38+,39-,40-,41-,42+,43+,44+,45+,46-,47+,48+,49-,50-,51-,52-,53-,54+,56-,57-,58-,59-,60-,61+,62-,66-,67+,68+,69+/m0/s1. The highest BCUT2D eigenvalue weighted by molar-refractivity contribution is 5.80. The van der Waals surface area contributed by atoms with Crippen molar-refractivity contribution in [2.75, 3.05) is 33.0 Å². The van der Waals surface area contributed by atoms with Crippen molar-refractivity contribution >= 4 is 11.9 Å². The van der Waals surface area contributed by atoms with Crippen LogP contribution in [-0.4, -0.2) is 356 Å². The van der Waals surface area contributed by atoms with E-state index in [0.717, 1.165) is 5.57 Å². The van der Waals surface area contributed by atoms with E-state index in [-0.39, 0.29) is 24.7 Å². The Morgan fingerprint density at radius 3 is 1.58 bits per heavy atom. The molecule has 0 bridgehead atoms. The summed E-state index contributed by atoms with van der Waals surface area (Å²) in [5, 5.41) is 220. The van der Waals surface area contributed by atoms with E-state index in [1.54, 1.807) is 0 Å². The predicted molar refractivity (Wildman–Crippen MR) is 343 cm³/mol. The summed E-state index contributed by atoms with van der Waals surface area (Å²) in [5.41, 5.74) is -3.63. The SMILES string of the molecule is C[C@@H]1O[C@@H](O[C@H]2[C@H](OC(=O)[C@]34CCC(C)(C)C[C@H]3C3=CC[C@@H]5[C@@]6(C)CC[C@H](O[C@@H]7O[C@H](C(=O)O)[C@@H](O)[C@H](O[C@@H]8O[C@H](CO)[C@@H](O)[C@H](O)[C@H]8O)[C@H]7O)C(C)(C)[C@@H]6CC[C@@]5(C)[C@]3(C)C[C@H]4O)OC[C@H](O)[C@@H]2O[C@@H]2O[C@H](CO)[C@@H](O)[C@H](O)[C@H]2O)[C@H](O)[C@H](O)[C@H]1O[C@@H]1OC[C@@H](O)[C@H](O[C@@H]2OC[C@@H](O)[C@H](O)[C@H]2O)[C@H]1O. The summed E-state index contributed by atoms with van der Waals surface area (Å²) >= 11 is 0. The molecule has 11 fully saturated rings. The first-order valence-corrected chi connectivity index (χ1v) is 36.5. The molecule has 12 aliphatic rings. The quantitative estimate of drug-likeness (QED) is 0.0366. The molecule has 105 heavy (non-hydrogen) atoms. The second-order valence-corrected chi connectivity index (χ2v) is 33.5. The normalized spacial score (nSPS) is 54.2. The molecular formula is C69H110O36. The first-order valence-electron chi connectivity index (χ1n) is 36.5. The largest absolute Gasteiger partial charge is 0.479 e. The molecule has 36 nitrogen and oxygen atoms in total. The van der Waals surface area contributed by atoms with Gasteiger partial charge in [0, 0.05) is 0 Å². The Morgan fingerprint density at radius 1 is 0.467 bits per heavy atom. The maximum atomic E-state index is 16.0. The van der Waals surface area contributed by atoms with Crippen LogP contribution in [0.3, 0.4) is 0 Å². The maximum Gasteiger partial charge on any atom is 0.335 e. The minimum absolute atomic E-state index is 0.0549. The van der Waals surface area contributed by atoms with E-state index < -0.39 is 292 Å². The van der Waals surface area contributed by atoms with E-state index >= 15 is 4.79 Å². The van der Waals surface area contributed by atoms with Gasteiger partial charge >= 0.3 is 11.9 Å². The van der Waals surface area contributed by atoms with Crippen LogP contribution in [0.4, 0.5) is 0 Å². The third kappa shape index (κ3) is 14.2. The molecule has 0 aromatic carbocycles. The molecule has 4 saturated carbocycles. The zero-order chi connectivity index (χ0) is 76.6. The van der Waals surface area contributed by atoms with Gasteiger partial charge in [0.2, 0.25) is 6.29 Å². The number of aliphatic hydroxyl groups excluding tert-OH is 19. The summed E-state index contributed by atoms with van der Waals surface area (Å²) in [6.45, 7) is 12.8. The first-order chi connectivity index (χ1) is 49.2. The fourth-order valence-electron chi connectivity index (χ4n) is 20.2. The van der Waals surface area contributed by atoms with Gasteiger partial charge in [-0.25, -0.2) is 4.79 Å². The minimum atomic E-state index is -2.13. The third-order valence-corrected chi connectivity index (χ3v) is 26.5. The number of carboxylic acid groups (broad SMARTS) is 1. The van der Waals surface area contributed by atoms with E-state index in [1.165, 1.54) is 6.92 Å². The highest BCUT2D eigenvalue weighted by Crippen LogP contribution is 2.76. The lowest BCUT2D eigenvalue weighted by Gasteiger charge is -2.71. The lowest BCUT2D eigenvalue weighted by molar-refractivity contribution is -0.388. The predicted octanol–water partition coefficient (Wildman–Crippen LogP) is -6.55. The summed E-state index contributed by atoms with van der Waals surface area (Å²) < 4.78 is 83.4. The minimum Gasteiger partial charge on any atom is -0.479 e. The summed E-state index contributed by atoms with van der Waals surface area (Å²) in [7, 11) is 0. The number of allylic oxidation sites excluding steroid dienone is 2.